The number of carbonyl (C=O) groups excluding carboxylic acids is 4. The lowest BCUT2D eigenvalue weighted by molar-refractivity contribution is -0.140. The molecule has 0 bridgehead atoms. The Morgan fingerprint density at radius 3 is 2.25 bits per heavy atom. The Bertz CT molecular complexity index is 941. The largest absolute Gasteiger partial charge is 0.497 e. The lowest BCUT2D eigenvalue weighted by Crippen LogP contribution is -2.39. The van der Waals surface area contributed by atoms with Gasteiger partial charge in [-0.1, -0.05) is 6.07 Å². The molecule has 1 aliphatic rings. The summed E-state index contributed by atoms with van der Waals surface area (Å²) < 4.78 is 10.1. The molecule has 0 radical (unpaired) electrons. The van der Waals surface area contributed by atoms with Gasteiger partial charge in [-0.05, 0) is 36.4 Å². The topological polar surface area (TPSA) is 105 Å². The lowest BCUT2D eigenvalue weighted by atomic mass is 10.3. The number of anilines is 2. The van der Waals surface area contributed by atoms with Crippen LogP contribution in [0.2, 0.25) is 0 Å². The Labute approximate surface area is 160 Å². The highest BCUT2D eigenvalue weighted by molar-refractivity contribution is 6.53. The number of ether oxygens (including phenoxy) is 2. The van der Waals surface area contributed by atoms with Crippen molar-refractivity contribution in [3.8, 4) is 11.5 Å². The molecule has 1 saturated heterocycles. The molecule has 5 amide bonds. The van der Waals surface area contributed by atoms with E-state index in [1.807, 2.05) is 0 Å². The van der Waals surface area contributed by atoms with Crippen LogP contribution in [0.25, 0.3) is 0 Å². The monoisotopic (exact) mass is 383 g/mol. The van der Waals surface area contributed by atoms with Crippen molar-refractivity contribution in [1.29, 1.82) is 0 Å². The predicted octanol–water partition coefficient (Wildman–Crippen LogP) is 1.64. The van der Waals surface area contributed by atoms with E-state index in [0.29, 0.717) is 22.1 Å². The van der Waals surface area contributed by atoms with E-state index in [0.717, 1.165) is 4.90 Å². The van der Waals surface area contributed by atoms with Crippen LogP contribution in [0.1, 0.15) is 0 Å². The molecule has 144 valence electrons. The maximum atomic E-state index is 12.5. The Morgan fingerprint density at radius 2 is 1.61 bits per heavy atom. The van der Waals surface area contributed by atoms with Crippen LogP contribution in [0.5, 0.6) is 11.5 Å². The van der Waals surface area contributed by atoms with Crippen LogP contribution in [0.3, 0.4) is 0 Å². The summed E-state index contributed by atoms with van der Waals surface area (Å²) in [6, 6.07) is 11.8. The van der Waals surface area contributed by atoms with Gasteiger partial charge in [0.05, 0.1) is 19.9 Å². The average molecular weight is 383 g/mol. The van der Waals surface area contributed by atoms with E-state index in [1.54, 1.807) is 36.4 Å². The number of benzene rings is 2. The van der Waals surface area contributed by atoms with E-state index in [1.165, 1.54) is 26.4 Å². The van der Waals surface area contributed by atoms with Gasteiger partial charge in [-0.25, -0.2) is 14.6 Å². The third-order valence-corrected chi connectivity index (χ3v) is 4.04. The number of methoxy groups -OCH3 is 2. The smallest absolute Gasteiger partial charge is 0.339 e. The molecule has 0 spiro atoms. The number of hydrogen-bond acceptors (Lipinski definition) is 6. The predicted molar refractivity (Wildman–Crippen MR) is 99.2 cm³/mol. The second-order valence-electron chi connectivity index (χ2n) is 5.79. The molecule has 1 fully saturated rings. The number of amides is 5. The van der Waals surface area contributed by atoms with E-state index in [4.69, 9.17) is 9.47 Å². The van der Waals surface area contributed by atoms with Crippen LogP contribution >= 0.6 is 0 Å². The summed E-state index contributed by atoms with van der Waals surface area (Å²) in [5, 5.41) is 2.56. The van der Waals surface area contributed by atoms with Crippen molar-refractivity contribution >= 4 is 35.1 Å². The quantitative estimate of drug-likeness (QED) is 0.601. The molecule has 0 unspecified atom stereocenters. The maximum absolute atomic E-state index is 12.5. The summed E-state index contributed by atoms with van der Waals surface area (Å²) in [6.45, 7) is -0.590. The van der Waals surface area contributed by atoms with Gasteiger partial charge in [0.1, 0.15) is 18.0 Å². The van der Waals surface area contributed by atoms with E-state index >= 15 is 0 Å². The van der Waals surface area contributed by atoms with Crippen molar-refractivity contribution in [2.75, 3.05) is 31.0 Å². The number of urea groups is 1. The first kappa shape index (κ1) is 18.9. The minimum atomic E-state index is -1.07. The summed E-state index contributed by atoms with van der Waals surface area (Å²) in [4.78, 5) is 50.6. The van der Waals surface area contributed by atoms with Crippen molar-refractivity contribution < 1.29 is 28.7 Å². The number of rotatable bonds is 6. The molecule has 9 nitrogen and oxygen atoms in total. The van der Waals surface area contributed by atoms with Crippen LogP contribution in [0.15, 0.2) is 48.5 Å². The number of nitrogens with zero attached hydrogens (tertiary/aromatic N) is 2. The number of hydrogen-bond donors (Lipinski definition) is 1. The van der Waals surface area contributed by atoms with Gasteiger partial charge in [0.15, 0.2) is 0 Å². The van der Waals surface area contributed by atoms with Crippen molar-refractivity contribution in [3.63, 3.8) is 0 Å². The van der Waals surface area contributed by atoms with Crippen molar-refractivity contribution in [2.24, 2.45) is 0 Å². The van der Waals surface area contributed by atoms with E-state index in [9.17, 15) is 19.2 Å². The van der Waals surface area contributed by atoms with Crippen LogP contribution < -0.4 is 19.7 Å². The fourth-order valence-corrected chi connectivity index (χ4v) is 2.65. The molecule has 9 heteroatoms. The molecule has 1 N–H and O–H groups in total. The summed E-state index contributed by atoms with van der Waals surface area (Å²) in [7, 11) is 2.97. The third-order valence-electron chi connectivity index (χ3n) is 4.04. The molecule has 3 rings (SSSR count). The summed E-state index contributed by atoms with van der Waals surface area (Å²) in [5.74, 6) is -1.65. The Morgan fingerprint density at radius 1 is 0.929 bits per heavy atom. The molecule has 1 heterocycles. The molecule has 0 aliphatic carbocycles. The van der Waals surface area contributed by atoms with Crippen molar-refractivity contribution in [2.45, 2.75) is 0 Å². The zero-order valence-corrected chi connectivity index (χ0v) is 15.2. The van der Waals surface area contributed by atoms with Gasteiger partial charge in [0, 0.05) is 11.8 Å². The summed E-state index contributed by atoms with van der Waals surface area (Å²) in [5.41, 5.74) is 0.640. The van der Waals surface area contributed by atoms with Gasteiger partial charge >= 0.3 is 17.8 Å². The number of imide groups is 2. The SMILES string of the molecule is COc1ccc(N2C(=O)C(=O)N(CC(=O)Nc3cccc(OC)c3)C2=O)cc1. The summed E-state index contributed by atoms with van der Waals surface area (Å²) in [6.07, 6.45) is 0. The highest BCUT2D eigenvalue weighted by atomic mass is 16.5. The zero-order valence-electron chi connectivity index (χ0n) is 15.2. The lowest BCUT2D eigenvalue weighted by Gasteiger charge is -2.15. The molecular formula is C19H17N3O6. The fraction of sp³-hybridized carbons (Fsp3) is 0.158. The second-order valence-corrected chi connectivity index (χ2v) is 5.79. The molecule has 1 aliphatic heterocycles. The van der Waals surface area contributed by atoms with Crippen LogP contribution in [0.4, 0.5) is 16.2 Å². The van der Waals surface area contributed by atoms with Gasteiger partial charge in [0.25, 0.3) is 0 Å². The highest BCUT2D eigenvalue weighted by Crippen LogP contribution is 2.24. The van der Waals surface area contributed by atoms with Gasteiger partial charge in [-0.15, -0.1) is 0 Å². The van der Waals surface area contributed by atoms with E-state index < -0.39 is 30.3 Å². The van der Waals surface area contributed by atoms with Crippen molar-refractivity contribution in [3.05, 3.63) is 48.5 Å². The number of nitrogens with one attached hydrogen (secondary N) is 1. The Hall–Kier alpha value is -3.88. The normalized spacial score (nSPS) is 13.7. The van der Waals surface area contributed by atoms with Gasteiger partial charge in [0.2, 0.25) is 5.91 Å². The minimum absolute atomic E-state index is 0.208. The molecule has 0 aromatic heterocycles. The van der Waals surface area contributed by atoms with Gasteiger partial charge < -0.3 is 14.8 Å². The molecule has 28 heavy (non-hydrogen) atoms. The average Bonchev–Trinajstić information content (AvgIpc) is 2.91. The maximum Gasteiger partial charge on any atom is 0.339 e. The molecule has 2 aromatic carbocycles. The van der Waals surface area contributed by atoms with Crippen LogP contribution in [-0.4, -0.2) is 49.4 Å². The molecule has 0 saturated carbocycles. The van der Waals surface area contributed by atoms with Crippen molar-refractivity contribution in [1.82, 2.24) is 4.90 Å². The Kier molecular flexibility index (Phi) is 5.25. The summed E-state index contributed by atoms with van der Waals surface area (Å²) >= 11 is 0. The molecular weight excluding hydrogens is 366 g/mol. The fourth-order valence-electron chi connectivity index (χ4n) is 2.65. The van der Waals surface area contributed by atoms with E-state index in [2.05, 4.69) is 5.32 Å². The van der Waals surface area contributed by atoms with Crippen LogP contribution in [0, 0.1) is 0 Å². The first-order valence-corrected chi connectivity index (χ1v) is 8.22. The first-order chi connectivity index (χ1) is 13.4. The molecule has 2 aromatic rings. The standard InChI is InChI=1S/C19H17N3O6/c1-27-14-8-6-13(7-9-14)22-18(25)17(24)21(19(22)26)11-16(23)20-12-4-3-5-15(10-12)28-2/h3-10H,11H2,1-2H3,(H,20,23). The van der Waals surface area contributed by atoms with E-state index in [-0.39, 0.29) is 5.69 Å². The third kappa shape index (κ3) is 3.63. The zero-order chi connectivity index (χ0) is 20.3. The highest BCUT2D eigenvalue weighted by Gasteiger charge is 2.46. The second kappa shape index (κ2) is 7.78. The number of carbonyl (C=O) groups is 4. The first-order valence-electron chi connectivity index (χ1n) is 8.22. The van der Waals surface area contributed by atoms with Gasteiger partial charge in [-0.2, -0.15) is 0 Å². The minimum Gasteiger partial charge on any atom is -0.497 e. The van der Waals surface area contributed by atoms with Crippen LogP contribution in [-0.2, 0) is 14.4 Å². The molecule has 0 atom stereocenters. The Balaban J connectivity index is 1.73. The van der Waals surface area contributed by atoms with Gasteiger partial charge in [-0.3, -0.25) is 14.4 Å².